The van der Waals surface area contributed by atoms with Crippen molar-refractivity contribution in [3.8, 4) is 0 Å². The molecule has 25 heavy (non-hydrogen) atoms. The van der Waals surface area contributed by atoms with E-state index < -0.39 is 0 Å². The Morgan fingerprint density at radius 2 is 1.52 bits per heavy atom. The molecule has 2 rings (SSSR count). The fraction of sp³-hybridized carbons (Fsp3) is 0.300. The van der Waals surface area contributed by atoms with E-state index in [0.717, 1.165) is 22.6 Å². The molecule has 5 heteroatoms. The molecule has 0 saturated heterocycles. The monoisotopic (exact) mass is 339 g/mol. The topological polar surface area (TPSA) is 70.2 Å². The Balaban J connectivity index is 1.81. The molecule has 132 valence electrons. The molecule has 0 spiro atoms. The number of hydrogen-bond donors (Lipinski definition) is 3. The molecule has 0 radical (unpaired) electrons. The predicted octanol–water partition coefficient (Wildman–Crippen LogP) is 4.03. The van der Waals surface area contributed by atoms with Gasteiger partial charge in [-0.1, -0.05) is 26.0 Å². The maximum Gasteiger partial charge on any atom is 0.243 e. The minimum atomic E-state index is -0.111. The van der Waals surface area contributed by atoms with Gasteiger partial charge in [0.2, 0.25) is 11.8 Å². The fourth-order valence-corrected chi connectivity index (χ4v) is 2.36. The molecule has 3 N–H and O–H groups in total. The summed E-state index contributed by atoms with van der Waals surface area (Å²) in [6.07, 6.45) is 0.499. The van der Waals surface area contributed by atoms with Crippen molar-refractivity contribution in [1.29, 1.82) is 0 Å². The highest BCUT2D eigenvalue weighted by Gasteiger charge is 2.06. The Hall–Kier alpha value is -2.82. The first kappa shape index (κ1) is 18.5. The summed E-state index contributed by atoms with van der Waals surface area (Å²) in [5.41, 5.74) is 3.46. The highest BCUT2D eigenvalue weighted by molar-refractivity contribution is 5.94. The Morgan fingerprint density at radius 3 is 2.16 bits per heavy atom. The quantitative estimate of drug-likeness (QED) is 0.713. The van der Waals surface area contributed by atoms with Crippen molar-refractivity contribution in [1.82, 2.24) is 0 Å². The summed E-state index contributed by atoms with van der Waals surface area (Å²) < 4.78 is 0. The first-order valence-corrected chi connectivity index (χ1v) is 8.42. The van der Waals surface area contributed by atoms with Gasteiger partial charge in [-0.15, -0.1) is 0 Å². The van der Waals surface area contributed by atoms with E-state index in [9.17, 15) is 9.59 Å². The van der Waals surface area contributed by atoms with Gasteiger partial charge in [-0.05, 0) is 54.8 Å². The molecule has 0 unspecified atom stereocenters. The third kappa shape index (κ3) is 6.67. The molecule has 2 aromatic rings. The van der Waals surface area contributed by atoms with E-state index in [-0.39, 0.29) is 18.4 Å². The Bertz CT molecular complexity index is 724. The average Bonchev–Trinajstić information content (AvgIpc) is 2.53. The van der Waals surface area contributed by atoms with Crippen molar-refractivity contribution in [2.24, 2.45) is 5.92 Å². The van der Waals surface area contributed by atoms with Crippen LogP contribution in [0.25, 0.3) is 0 Å². The second kappa shape index (κ2) is 8.87. The molecule has 0 atom stereocenters. The van der Waals surface area contributed by atoms with E-state index >= 15 is 0 Å². The van der Waals surface area contributed by atoms with Crippen molar-refractivity contribution in [2.75, 3.05) is 22.5 Å². The third-order valence-corrected chi connectivity index (χ3v) is 3.52. The SMILES string of the molecule is Cc1cccc(NC(=O)CNc2ccc(NC(=O)CC(C)C)cc2)c1. The Kier molecular flexibility index (Phi) is 6.57. The molecular formula is C20H25N3O2. The summed E-state index contributed by atoms with van der Waals surface area (Å²) in [7, 11) is 0. The molecule has 0 fully saturated rings. The van der Waals surface area contributed by atoms with Crippen molar-refractivity contribution in [3.05, 3.63) is 54.1 Å². The van der Waals surface area contributed by atoms with Crippen LogP contribution in [0.2, 0.25) is 0 Å². The smallest absolute Gasteiger partial charge is 0.243 e. The largest absolute Gasteiger partial charge is 0.376 e. The lowest BCUT2D eigenvalue weighted by Crippen LogP contribution is -2.21. The lowest BCUT2D eigenvalue weighted by Gasteiger charge is -2.10. The van der Waals surface area contributed by atoms with Crippen LogP contribution in [-0.2, 0) is 9.59 Å². The molecule has 0 heterocycles. The first-order chi connectivity index (χ1) is 11.9. The first-order valence-electron chi connectivity index (χ1n) is 8.42. The van der Waals surface area contributed by atoms with Gasteiger partial charge < -0.3 is 16.0 Å². The summed E-state index contributed by atoms with van der Waals surface area (Å²) >= 11 is 0. The number of hydrogen-bond acceptors (Lipinski definition) is 3. The molecule has 0 bridgehead atoms. The summed E-state index contributed by atoms with van der Waals surface area (Å²) in [5.74, 6) is 0.223. The second-order valence-corrected chi connectivity index (χ2v) is 6.49. The molecule has 2 amide bonds. The lowest BCUT2D eigenvalue weighted by atomic mass is 10.1. The minimum Gasteiger partial charge on any atom is -0.376 e. The number of carbonyl (C=O) groups is 2. The number of rotatable bonds is 7. The highest BCUT2D eigenvalue weighted by Crippen LogP contribution is 2.15. The number of amides is 2. The zero-order valence-electron chi connectivity index (χ0n) is 14.9. The minimum absolute atomic E-state index is 0.00763. The van der Waals surface area contributed by atoms with Gasteiger partial charge in [-0.3, -0.25) is 9.59 Å². The van der Waals surface area contributed by atoms with Crippen LogP contribution in [0.4, 0.5) is 17.1 Å². The van der Waals surface area contributed by atoms with Gasteiger partial charge in [0.25, 0.3) is 0 Å². The van der Waals surface area contributed by atoms with Gasteiger partial charge in [0, 0.05) is 23.5 Å². The predicted molar refractivity (Wildman–Crippen MR) is 103 cm³/mol. The zero-order chi connectivity index (χ0) is 18.2. The highest BCUT2D eigenvalue weighted by atomic mass is 16.2. The van der Waals surface area contributed by atoms with Crippen LogP contribution in [0.5, 0.6) is 0 Å². The van der Waals surface area contributed by atoms with Crippen LogP contribution in [0.15, 0.2) is 48.5 Å². The number of anilines is 3. The Labute approximate surface area is 148 Å². The summed E-state index contributed by atoms with van der Waals surface area (Å²) in [6, 6.07) is 15.0. The van der Waals surface area contributed by atoms with Crippen LogP contribution >= 0.6 is 0 Å². The third-order valence-electron chi connectivity index (χ3n) is 3.52. The van der Waals surface area contributed by atoms with Crippen LogP contribution in [0.1, 0.15) is 25.8 Å². The van der Waals surface area contributed by atoms with Crippen LogP contribution < -0.4 is 16.0 Å². The van der Waals surface area contributed by atoms with E-state index in [1.165, 1.54) is 0 Å². The lowest BCUT2D eigenvalue weighted by molar-refractivity contribution is -0.117. The van der Waals surface area contributed by atoms with Gasteiger partial charge in [0.15, 0.2) is 0 Å². The van der Waals surface area contributed by atoms with E-state index in [1.54, 1.807) is 0 Å². The molecule has 2 aromatic carbocycles. The maximum absolute atomic E-state index is 12.0. The van der Waals surface area contributed by atoms with Gasteiger partial charge >= 0.3 is 0 Å². The number of aryl methyl sites for hydroxylation is 1. The van der Waals surface area contributed by atoms with Crippen LogP contribution in [0, 0.1) is 12.8 Å². The molecular weight excluding hydrogens is 314 g/mol. The maximum atomic E-state index is 12.0. The molecule has 0 aliphatic rings. The molecule has 0 aromatic heterocycles. The van der Waals surface area contributed by atoms with Crippen molar-refractivity contribution < 1.29 is 9.59 Å². The zero-order valence-corrected chi connectivity index (χ0v) is 14.9. The molecule has 0 aliphatic heterocycles. The standard InChI is InChI=1S/C20H25N3O2/c1-14(2)11-19(24)22-17-9-7-16(8-10-17)21-13-20(25)23-18-6-4-5-15(3)12-18/h4-10,12,14,21H,11,13H2,1-3H3,(H,22,24)(H,23,25). The van der Waals surface area contributed by atoms with E-state index in [4.69, 9.17) is 0 Å². The number of nitrogens with one attached hydrogen (secondary N) is 3. The normalized spacial score (nSPS) is 10.4. The van der Waals surface area contributed by atoms with Gasteiger partial charge in [0.05, 0.1) is 6.54 Å². The van der Waals surface area contributed by atoms with Crippen LogP contribution in [-0.4, -0.2) is 18.4 Å². The average molecular weight is 339 g/mol. The van der Waals surface area contributed by atoms with E-state index in [0.29, 0.717) is 12.3 Å². The van der Waals surface area contributed by atoms with Gasteiger partial charge in [-0.2, -0.15) is 0 Å². The van der Waals surface area contributed by atoms with E-state index in [1.807, 2.05) is 69.3 Å². The van der Waals surface area contributed by atoms with Crippen molar-refractivity contribution >= 4 is 28.9 Å². The van der Waals surface area contributed by atoms with Crippen LogP contribution in [0.3, 0.4) is 0 Å². The second-order valence-electron chi connectivity index (χ2n) is 6.49. The summed E-state index contributed by atoms with van der Waals surface area (Å²) in [6.45, 7) is 6.17. The van der Waals surface area contributed by atoms with E-state index in [2.05, 4.69) is 16.0 Å². The fourth-order valence-electron chi connectivity index (χ4n) is 2.36. The molecule has 5 nitrogen and oxygen atoms in total. The summed E-state index contributed by atoms with van der Waals surface area (Å²) in [5, 5.41) is 8.77. The van der Waals surface area contributed by atoms with Gasteiger partial charge in [0.1, 0.15) is 0 Å². The Morgan fingerprint density at radius 1 is 0.880 bits per heavy atom. The van der Waals surface area contributed by atoms with Gasteiger partial charge in [-0.25, -0.2) is 0 Å². The summed E-state index contributed by atoms with van der Waals surface area (Å²) in [4.78, 5) is 23.7. The number of carbonyl (C=O) groups excluding carboxylic acids is 2. The van der Waals surface area contributed by atoms with Crippen molar-refractivity contribution in [3.63, 3.8) is 0 Å². The van der Waals surface area contributed by atoms with Crippen molar-refractivity contribution in [2.45, 2.75) is 27.2 Å². The number of benzene rings is 2. The molecule has 0 aliphatic carbocycles. The molecule has 0 saturated carbocycles.